The second-order valence-corrected chi connectivity index (χ2v) is 5.50. The molecule has 182 valence electrons. The van der Waals surface area contributed by atoms with Crippen LogP contribution in [0.3, 0.4) is 0 Å². The van der Waals surface area contributed by atoms with Crippen LogP contribution in [-0.2, 0) is 14.4 Å². The van der Waals surface area contributed by atoms with E-state index >= 15 is 0 Å². The van der Waals surface area contributed by atoms with Gasteiger partial charge in [0.05, 0.1) is 0 Å². The molecule has 0 aliphatic carbocycles. The Balaban J connectivity index is -0.000000407. The smallest absolute Gasteiger partial charge is 0.236 e. The minimum Gasteiger partial charge on any atom is -0.294 e. The van der Waals surface area contributed by atoms with Gasteiger partial charge in [0.15, 0.2) is 0 Å². The third-order valence-corrected chi connectivity index (χ3v) is 2.73. The summed E-state index contributed by atoms with van der Waals surface area (Å²) in [7, 11) is 0. The summed E-state index contributed by atoms with van der Waals surface area (Å²) in [6.07, 6.45) is 0.243. The number of amides is 3. The van der Waals surface area contributed by atoms with Crippen LogP contribution in [0.2, 0.25) is 0 Å². The third-order valence-electron chi connectivity index (χ3n) is 2.73. The molecule has 0 saturated carbocycles. The van der Waals surface area contributed by atoms with Gasteiger partial charge in [-0.25, -0.2) is 0 Å². The largest absolute Gasteiger partial charge is 0.294 e. The summed E-state index contributed by atoms with van der Waals surface area (Å²) in [6, 6.07) is 0. The van der Waals surface area contributed by atoms with Crippen LogP contribution in [-0.4, -0.2) is 32.7 Å². The molecule has 0 aliphatic rings. The summed E-state index contributed by atoms with van der Waals surface area (Å²) >= 11 is 0. The van der Waals surface area contributed by atoms with E-state index < -0.39 is 0 Å². The number of anilines is 3. The highest BCUT2D eigenvalue weighted by Crippen LogP contribution is 2.12. The Morgan fingerprint density at radius 3 is 1.10 bits per heavy atom. The zero-order chi connectivity index (χ0) is 25.6. The van der Waals surface area contributed by atoms with Crippen molar-refractivity contribution < 1.29 is 14.4 Å². The Labute approximate surface area is 189 Å². The van der Waals surface area contributed by atoms with Gasteiger partial charge < -0.3 is 0 Å². The molecule has 1 aromatic heterocycles. The summed E-state index contributed by atoms with van der Waals surface area (Å²) in [5.74, 6) is -1.52. The predicted molar refractivity (Wildman–Crippen MR) is 131 cm³/mol. The van der Waals surface area contributed by atoms with Gasteiger partial charge in [0.2, 0.25) is 35.6 Å². The lowest BCUT2D eigenvalue weighted by atomic mass is 10.2. The van der Waals surface area contributed by atoms with Gasteiger partial charge in [0.25, 0.3) is 0 Å². The topological polar surface area (TPSA) is 126 Å². The van der Waals surface area contributed by atoms with Crippen molar-refractivity contribution in [3.05, 3.63) is 0 Å². The van der Waals surface area contributed by atoms with Crippen molar-refractivity contribution in [1.29, 1.82) is 0 Å². The van der Waals surface area contributed by atoms with Crippen LogP contribution in [0.4, 0.5) is 17.8 Å². The van der Waals surface area contributed by atoms with E-state index in [4.69, 9.17) is 0 Å². The fourth-order valence-corrected chi connectivity index (χ4v) is 1.27. The van der Waals surface area contributed by atoms with Gasteiger partial charge in [-0.3, -0.25) is 30.3 Å². The number of rotatable bonds is 6. The molecule has 0 aliphatic heterocycles. The molecule has 0 bridgehead atoms. The molecule has 0 fully saturated rings. The summed E-state index contributed by atoms with van der Waals surface area (Å²) in [5, 5.41) is 7.50. The lowest BCUT2D eigenvalue weighted by Crippen LogP contribution is -2.24. The number of nitrogens with zero attached hydrogens (tertiary/aromatic N) is 3. The number of nitrogens with one attached hydrogen (secondary N) is 3. The number of carbonyl (C=O) groups excluding carboxylic acids is 3. The van der Waals surface area contributed by atoms with Crippen molar-refractivity contribution >= 4 is 35.6 Å². The van der Waals surface area contributed by atoms with Gasteiger partial charge in [0, 0.05) is 18.3 Å². The van der Waals surface area contributed by atoms with Gasteiger partial charge in [-0.2, -0.15) is 15.0 Å². The van der Waals surface area contributed by atoms with E-state index in [0.29, 0.717) is 0 Å². The van der Waals surface area contributed by atoms with E-state index in [0.717, 1.165) is 0 Å². The summed E-state index contributed by atoms with van der Waals surface area (Å²) in [6.45, 7) is 24.6. The molecule has 0 saturated heterocycles. The van der Waals surface area contributed by atoms with Gasteiger partial charge in [-0.15, -0.1) is 0 Å². The molecule has 0 aromatic carbocycles. The standard InChI is InChI=1S/C14H22N6O3.4C2H6/c1-6-9(21)15-12-18-13(16-10(22)7(2)3)20-14(19-12)17-11(23)8(4)5;4*1-2/h7-8H,6H2,1-5H3,(H3,15,16,17,18,19,20,21,22,23);4*1-2H3. The molecule has 31 heavy (non-hydrogen) atoms. The normalized spacial score (nSPS) is 8.61. The third kappa shape index (κ3) is 17.9. The van der Waals surface area contributed by atoms with E-state index in [1.165, 1.54) is 0 Å². The molecule has 3 amide bonds. The van der Waals surface area contributed by atoms with Gasteiger partial charge in [-0.1, -0.05) is 90.0 Å². The van der Waals surface area contributed by atoms with Crippen LogP contribution in [0.15, 0.2) is 0 Å². The zero-order valence-electron chi connectivity index (χ0n) is 21.9. The highest BCUT2D eigenvalue weighted by atomic mass is 16.2. The molecule has 0 atom stereocenters. The van der Waals surface area contributed by atoms with E-state index in [1.807, 2.05) is 55.4 Å². The fraction of sp³-hybridized carbons (Fsp3) is 0.727. The Hall–Kier alpha value is -2.58. The highest BCUT2D eigenvalue weighted by Gasteiger charge is 2.15. The summed E-state index contributed by atoms with van der Waals surface area (Å²) < 4.78 is 0. The lowest BCUT2D eigenvalue weighted by Gasteiger charge is -2.11. The molecule has 3 N–H and O–H groups in total. The molecule has 0 unspecified atom stereocenters. The Morgan fingerprint density at radius 2 is 0.871 bits per heavy atom. The lowest BCUT2D eigenvalue weighted by molar-refractivity contribution is -0.119. The first-order valence-electron chi connectivity index (χ1n) is 11.4. The Morgan fingerprint density at radius 1 is 0.613 bits per heavy atom. The summed E-state index contributed by atoms with van der Waals surface area (Å²) in [4.78, 5) is 46.9. The highest BCUT2D eigenvalue weighted by molar-refractivity contribution is 5.93. The van der Waals surface area contributed by atoms with Crippen molar-refractivity contribution in [3.8, 4) is 0 Å². The number of aromatic nitrogens is 3. The number of hydrogen-bond acceptors (Lipinski definition) is 6. The van der Waals surface area contributed by atoms with Crippen LogP contribution in [0.25, 0.3) is 0 Å². The zero-order valence-corrected chi connectivity index (χ0v) is 21.9. The second-order valence-electron chi connectivity index (χ2n) is 5.50. The fourth-order valence-electron chi connectivity index (χ4n) is 1.27. The molecule has 0 radical (unpaired) electrons. The van der Waals surface area contributed by atoms with E-state index in [-0.39, 0.29) is 53.8 Å². The average molecular weight is 443 g/mol. The van der Waals surface area contributed by atoms with Crippen LogP contribution < -0.4 is 16.0 Å². The van der Waals surface area contributed by atoms with Gasteiger partial charge in [0.1, 0.15) is 0 Å². The molecular weight excluding hydrogens is 396 g/mol. The van der Waals surface area contributed by atoms with Crippen molar-refractivity contribution in [2.24, 2.45) is 11.8 Å². The first-order chi connectivity index (χ1) is 14.7. The monoisotopic (exact) mass is 442 g/mol. The van der Waals surface area contributed by atoms with Crippen LogP contribution in [0.5, 0.6) is 0 Å². The van der Waals surface area contributed by atoms with Crippen LogP contribution in [0, 0.1) is 11.8 Å². The molecule has 1 heterocycles. The molecule has 9 heteroatoms. The molecule has 1 rings (SSSR count). The predicted octanol–water partition coefficient (Wildman–Crippen LogP) is 5.51. The SMILES string of the molecule is CC.CC.CC.CC.CCC(=O)Nc1nc(NC(=O)C(C)C)nc(NC(=O)C(C)C)n1. The van der Waals surface area contributed by atoms with Crippen molar-refractivity contribution in [1.82, 2.24) is 15.0 Å². The average Bonchev–Trinajstić information content (AvgIpc) is 2.78. The molecular formula is C22H46N6O3. The Bertz CT molecular complexity index is 565. The number of hydrogen-bond donors (Lipinski definition) is 3. The van der Waals surface area contributed by atoms with Crippen molar-refractivity contribution in [2.75, 3.05) is 16.0 Å². The summed E-state index contributed by atoms with van der Waals surface area (Å²) in [5.41, 5.74) is 0. The maximum atomic E-state index is 11.8. The van der Waals surface area contributed by atoms with Gasteiger partial charge in [-0.05, 0) is 0 Å². The number of carbonyl (C=O) groups is 3. The van der Waals surface area contributed by atoms with Crippen molar-refractivity contribution in [2.45, 2.75) is 96.4 Å². The van der Waals surface area contributed by atoms with Crippen LogP contribution in [0.1, 0.15) is 96.4 Å². The van der Waals surface area contributed by atoms with E-state index in [1.54, 1.807) is 34.6 Å². The van der Waals surface area contributed by atoms with Crippen LogP contribution >= 0.6 is 0 Å². The first kappa shape index (κ1) is 35.8. The minimum absolute atomic E-state index is 0.0371. The molecule has 9 nitrogen and oxygen atoms in total. The minimum atomic E-state index is -0.293. The maximum absolute atomic E-state index is 11.8. The van der Waals surface area contributed by atoms with E-state index in [9.17, 15) is 14.4 Å². The second kappa shape index (κ2) is 23.7. The van der Waals surface area contributed by atoms with Crippen molar-refractivity contribution in [3.63, 3.8) is 0 Å². The Kier molecular flexibility index (Phi) is 27.4. The van der Waals surface area contributed by atoms with Gasteiger partial charge >= 0.3 is 0 Å². The maximum Gasteiger partial charge on any atom is 0.236 e. The first-order valence-corrected chi connectivity index (χ1v) is 11.4. The van der Waals surface area contributed by atoms with E-state index in [2.05, 4.69) is 30.9 Å². The molecule has 1 aromatic rings. The molecule has 0 spiro atoms. The quantitative estimate of drug-likeness (QED) is 0.533.